The fourth-order valence-corrected chi connectivity index (χ4v) is 6.49. The fourth-order valence-electron chi connectivity index (χ4n) is 6.23. The average Bonchev–Trinajstić information content (AvgIpc) is 3.06. The summed E-state index contributed by atoms with van der Waals surface area (Å²) < 4.78 is 53.0. The molecule has 5 rings (SSSR count). The summed E-state index contributed by atoms with van der Waals surface area (Å²) in [6.07, 6.45) is 0.221. The van der Waals surface area contributed by atoms with Crippen LogP contribution in [0.15, 0.2) is 91.3 Å². The summed E-state index contributed by atoms with van der Waals surface area (Å²) in [5.41, 5.74) is 1.60. The Kier molecular flexibility index (Phi) is 11.5. The van der Waals surface area contributed by atoms with Crippen molar-refractivity contribution in [1.29, 1.82) is 0 Å². The van der Waals surface area contributed by atoms with Crippen molar-refractivity contribution in [2.24, 2.45) is 0 Å². The molecule has 2 heterocycles. The number of nitrogens with zero attached hydrogens (tertiary/aromatic N) is 4. The van der Waals surface area contributed by atoms with Crippen molar-refractivity contribution < 1.29 is 27.4 Å². The summed E-state index contributed by atoms with van der Waals surface area (Å²) in [5.74, 6) is 0.802. The van der Waals surface area contributed by atoms with Gasteiger partial charge < -0.3 is 19.3 Å². The molecule has 4 aromatic rings. The van der Waals surface area contributed by atoms with Gasteiger partial charge >= 0.3 is 12.3 Å². The minimum absolute atomic E-state index is 0.00927. The van der Waals surface area contributed by atoms with Crippen LogP contribution in [-0.4, -0.2) is 45.2 Å². The van der Waals surface area contributed by atoms with E-state index in [1.165, 1.54) is 6.07 Å². The Balaban J connectivity index is 1.49. The Morgan fingerprint density at radius 2 is 1.56 bits per heavy atom. The van der Waals surface area contributed by atoms with Gasteiger partial charge in [0.25, 0.3) is 0 Å². The molecule has 0 aliphatic carbocycles. The van der Waals surface area contributed by atoms with Crippen molar-refractivity contribution in [3.63, 3.8) is 0 Å². The number of benzene rings is 3. The maximum absolute atomic E-state index is 13.8. The van der Waals surface area contributed by atoms with E-state index >= 15 is 0 Å². The lowest BCUT2D eigenvalue weighted by atomic mass is 9.86. The van der Waals surface area contributed by atoms with Crippen LogP contribution in [0.25, 0.3) is 0 Å². The highest BCUT2D eigenvalue weighted by molar-refractivity contribution is 6.30. The van der Waals surface area contributed by atoms with Gasteiger partial charge in [-0.2, -0.15) is 13.2 Å². The minimum Gasteiger partial charge on any atom is -0.486 e. The zero-order valence-electron chi connectivity index (χ0n) is 27.2. The SMILES string of the molecule is CC[C@@H]1C[C@H](N(Cc2cc(Cl)cc(C(F)(F)F)c2)c2ncc(OCc3ccccc3)cn2)C[C@H](Cc2ccccc2)N1C(=O)OC(C)C. The number of aromatic nitrogens is 2. The molecule has 0 N–H and O–H groups in total. The van der Waals surface area contributed by atoms with Crippen LogP contribution in [0.5, 0.6) is 5.75 Å². The van der Waals surface area contributed by atoms with E-state index in [9.17, 15) is 18.0 Å². The number of anilines is 1. The Labute approximate surface area is 284 Å². The summed E-state index contributed by atoms with van der Waals surface area (Å²) in [4.78, 5) is 26.6. The van der Waals surface area contributed by atoms with Crippen LogP contribution in [0.4, 0.5) is 23.9 Å². The number of carbonyl (C=O) groups is 1. The molecule has 1 fully saturated rings. The molecule has 0 radical (unpaired) electrons. The Morgan fingerprint density at radius 1 is 0.938 bits per heavy atom. The number of carbonyl (C=O) groups excluding carboxylic acids is 1. The second-order valence-electron chi connectivity index (χ2n) is 12.3. The van der Waals surface area contributed by atoms with Crippen LogP contribution < -0.4 is 9.64 Å². The number of amides is 1. The standard InChI is InChI=1S/C37H40ClF3N4O3/c1-4-31-19-32(20-33(17-26-11-7-5-8-12-26)45(31)36(46)48-25(2)3)44(23-28-15-29(37(39,40)41)18-30(38)16-28)35-42-21-34(22-43-35)47-24-27-13-9-6-10-14-27/h5-16,18,21-22,25,31-33H,4,17,19-20,23-24H2,1-3H3/t31-,32+,33+/m1/s1. The van der Waals surface area contributed by atoms with E-state index in [2.05, 4.69) is 9.97 Å². The predicted octanol–water partition coefficient (Wildman–Crippen LogP) is 9.13. The Morgan fingerprint density at radius 3 is 2.17 bits per heavy atom. The molecule has 0 unspecified atom stereocenters. The molecule has 0 saturated carbocycles. The van der Waals surface area contributed by atoms with Crippen LogP contribution in [0.2, 0.25) is 5.02 Å². The van der Waals surface area contributed by atoms with Gasteiger partial charge in [-0.15, -0.1) is 0 Å². The predicted molar refractivity (Wildman–Crippen MR) is 180 cm³/mol. The van der Waals surface area contributed by atoms with Gasteiger partial charge in [0.05, 0.1) is 24.1 Å². The smallest absolute Gasteiger partial charge is 0.416 e. The van der Waals surface area contributed by atoms with Crippen LogP contribution in [0.3, 0.4) is 0 Å². The first kappa shape index (κ1) is 35.0. The molecule has 7 nitrogen and oxygen atoms in total. The Bertz CT molecular complexity index is 1620. The van der Waals surface area contributed by atoms with Crippen molar-refractivity contribution in [2.75, 3.05) is 4.90 Å². The third-order valence-electron chi connectivity index (χ3n) is 8.41. The molecule has 1 saturated heterocycles. The van der Waals surface area contributed by atoms with Crippen molar-refractivity contribution in [3.05, 3.63) is 119 Å². The van der Waals surface area contributed by atoms with Gasteiger partial charge in [0.2, 0.25) is 5.95 Å². The number of halogens is 4. The van der Waals surface area contributed by atoms with Crippen LogP contribution >= 0.6 is 11.6 Å². The maximum Gasteiger partial charge on any atom is 0.416 e. The lowest BCUT2D eigenvalue weighted by Gasteiger charge is -2.47. The minimum atomic E-state index is -4.56. The van der Waals surface area contributed by atoms with Crippen molar-refractivity contribution >= 4 is 23.6 Å². The van der Waals surface area contributed by atoms with Crippen LogP contribution in [-0.2, 0) is 30.5 Å². The third-order valence-corrected chi connectivity index (χ3v) is 8.62. The molecule has 0 bridgehead atoms. The summed E-state index contributed by atoms with van der Waals surface area (Å²) in [7, 11) is 0. The normalized spacial score (nSPS) is 18.1. The second-order valence-corrected chi connectivity index (χ2v) is 12.8. The summed E-state index contributed by atoms with van der Waals surface area (Å²) in [5, 5.41) is -0.00927. The lowest BCUT2D eigenvalue weighted by Crippen LogP contribution is -2.58. The molecular formula is C37H40ClF3N4O3. The number of piperidine rings is 1. The Hall–Kier alpha value is -4.31. The summed E-state index contributed by atoms with van der Waals surface area (Å²) in [6.45, 7) is 6.08. The lowest BCUT2D eigenvalue weighted by molar-refractivity contribution is -0.137. The maximum atomic E-state index is 13.8. The highest BCUT2D eigenvalue weighted by atomic mass is 35.5. The summed E-state index contributed by atoms with van der Waals surface area (Å²) >= 11 is 6.21. The van der Waals surface area contributed by atoms with Crippen molar-refractivity contribution in [1.82, 2.24) is 14.9 Å². The molecule has 1 aliphatic heterocycles. The zero-order valence-corrected chi connectivity index (χ0v) is 28.0. The molecule has 0 spiro atoms. The number of rotatable bonds is 11. The number of alkyl halides is 3. The fraction of sp³-hybridized carbons (Fsp3) is 0.378. The van der Waals surface area contributed by atoms with Gasteiger partial charge in [-0.3, -0.25) is 0 Å². The molecule has 3 atom stereocenters. The van der Waals surface area contributed by atoms with E-state index < -0.39 is 11.7 Å². The molecule has 48 heavy (non-hydrogen) atoms. The zero-order chi connectivity index (χ0) is 34.3. The molecule has 3 aromatic carbocycles. The average molecular weight is 681 g/mol. The van der Waals surface area contributed by atoms with Crippen molar-refractivity contribution in [3.8, 4) is 5.75 Å². The number of hydrogen-bond donors (Lipinski definition) is 0. The first-order valence-corrected chi connectivity index (χ1v) is 16.5. The molecule has 254 valence electrons. The molecule has 1 amide bonds. The number of hydrogen-bond acceptors (Lipinski definition) is 6. The molecule has 1 aliphatic rings. The largest absolute Gasteiger partial charge is 0.486 e. The van der Waals surface area contributed by atoms with Crippen LogP contribution in [0, 0.1) is 0 Å². The van der Waals surface area contributed by atoms with E-state index in [0.29, 0.717) is 49.6 Å². The molecule has 1 aromatic heterocycles. The number of likely N-dealkylation sites (tertiary alicyclic amines) is 1. The van der Waals surface area contributed by atoms with Gasteiger partial charge in [-0.1, -0.05) is 79.2 Å². The van der Waals surface area contributed by atoms with Gasteiger partial charge in [-0.05, 0) is 74.4 Å². The van der Waals surface area contributed by atoms with Crippen molar-refractivity contribution in [2.45, 2.75) is 90.0 Å². The van der Waals surface area contributed by atoms with E-state index in [1.54, 1.807) is 12.4 Å². The van der Waals surface area contributed by atoms with E-state index in [4.69, 9.17) is 21.1 Å². The van der Waals surface area contributed by atoms with Crippen LogP contribution in [0.1, 0.15) is 62.3 Å². The van der Waals surface area contributed by atoms with Gasteiger partial charge in [0.15, 0.2) is 5.75 Å². The first-order chi connectivity index (χ1) is 23.0. The van der Waals surface area contributed by atoms with E-state index in [1.807, 2.05) is 91.2 Å². The quantitative estimate of drug-likeness (QED) is 0.157. The van der Waals surface area contributed by atoms with Gasteiger partial charge in [0.1, 0.15) is 6.61 Å². The monoisotopic (exact) mass is 680 g/mol. The highest BCUT2D eigenvalue weighted by Crippen LogP contribution is 2.36. The first-order valence-electron chi connectivity index (χ1n) is 16.1. The van der Waals surface area contributed by atoms with E-state index in [-0.39, 0.29) is 41.9 Å². The topological polar surface area (TPSA) is 67.8 Å². The van der Waals surface area contributed by atoms with Gasteiger partial charge in [-0.25, -0.2) is 14.8 Å². The number of ether oxygens (including phenoxy) is 2. The van der Waals surface area contributed by atoms with Gasteiger partial charge in [0, 0.05) is 29.7 Å². The highest BCUT2D eigenvalue weighted by Gasteiger charge is 2.41. The molecular weight excluding hydrogens is 641 g/mol. The summed E-state index contributed by atoms with van der Waals surface area (Å²) in [6, 6.07) is 22.5. The second kappa shape index (κ2) is 15.7. The van der Waals surface area contributed by atoms with E-state index in [0.717, 1.165) is 23.3 Å². The third kappa shape index (κ3) is 9.18. The molecule has 11 heteroatoms.